The monoisotopic (exact) mass is 333 g/mol. The zero-order valence-electron chi connectivity index (χ0n) is 14.5. The lowest BCUT2D eigenvalue weighted by molar-refractivity contribution is 0.242. The van der Waals surface area contributed by atoms with Crippen molar-refractivity contribution in [1.29, 1.82) is 5.26 Å². The first-order valence-corrected chi connectivity index (χ1v) is 8.25. The first kappa shape index (κ1) is 16.7. The van der Waals surface area contributed by atoms with Gasteiger partial charge in [0.1, 0.15) is 11.8 Å². The van der Waals surface area contributed by atoms with E-state index in [1.54, 1.807) is 18.2 Å². The molecule has 25 heavy (non-hydrogen) atoms. The molecule has 1 heterocycles. The number of hydrogen-bond acceptors (Lipinski definition) is 5. The summed E-state index contributed by atoms with van der Waals surface area (Å²) < 4.78 is 11.2. The number of hydrogen-bond donors (Lipinski definition) is 0. The highest BCUT2D eigenvalue weighted by Crippen LogP contribution is 2.29. The van der Waals surface area contributed by atoms with E-state index < -0.39 is 0 Å². The van der Waals surface area contributed by atoms with Crippen LogP contribution in [-0.4, -0.2) is 16.2 Å². The summed E-state index contributed by atoms with van der Waals surface area (Å²) in [7, 11) is 0. The van der Waals surface area contributed by atoms with Gasteiger partial charge in [0.25, 0.3) is 5.89 Å². The zero-order chi connectivity index (χ0) is 17.8. The van der Waals surface area contributed by atoms with Gasteiger partial charge in [0, 0.05) is 11.1 Å². The molecule has 0 radical (unpaired) electrons. The summed E-state index contributed by atoms with van der Waals surface area (Å²) in [6.45, 7) is 5.93. The SMILES string of the molecule is CCc1ccccc1-c1noc(-c2ccc(C#N)c(OC(C)C)c2)n1. The van der Waals surface area contributed by atoms with Crippen molar-refractivity contribution in [3.63, 3.8) is 0 Å². The zero-order valence-corrected chi connectivity index (χ0v) is 14.5. The second-order valence-electron chi connectivity index (χ2n) is 5.92. The Morgan fingerprint density at radius 1 is 1.20 bits per heavy atom. The summed E-state index contributed by atoms with van der Waals surface area (Å²) in [4.78, 5) is 4.52. The third kappa shape index (κ3) is 3.53. The quantitative estimate of drug-likeness (QED) is 0.681. The van der Waals surface area contributed by atoms with Crippen molar-refractivity contribution < 1.29 is 9.26 Å². The topological polar surface area (TPSA) is 71.9 Å². The molecular weight excluding hydrogens is 314 g/mol. The number of aryl methyl sites for hydroxylation is 1. The third-order valence-electron chi connectivity index (χ3n) is 3.78. The molecule has 0 amide bonds. The second-order valence-corrected chi connectivity index (χ2v) is 5.92. The van der Waals surface area contributed by atoms with Crippen molar-refractivity contribution >= 4 is 0 Å². The Bertz CT molecular complexity index is 923. The summed E-state index contributed by atoms with van der Waals surface area (Å²) >= 11 is 0. The van der Waals surface area contributed by atoms with Crippen molar-refractivity contribution in [2.45, 2.75) is 33.3 Å². The first-order valence-electron chi connectivity index (χ1n) is 8.25. The Morgan fingerprint density at radius 2 is 2.00 bits per heavy atom. The molecule has 0 fully saturated rings. The summed E-state index contributed by atoms with van der Waals surface area (Å²) in [5.41, 5.74) is 3.33. The maximum absolute atomic E-state index is 9.22. The van der Waals surface area contributed by atoms with Gasteiger partial charge >= 0.3 is 0 Å². The molecule has 0 aliphatic carbocycles. The number of aromatic nitrogens is 2. The molecule has 0 aliphatic rings. The van der Waals surface area contributed by atoms with E-state index in [9.17, 15) is 5.26 Å². The molecule has 0 spiro atoms. The van der Waals surface area contributed by atoms with E-state index in [-0.39, 0.29) is 6.10 Å². The maximum atomic E-state index is 9.22. The molecule has 0 aliphatic heterocycles. The highest BCUT2D eigenvalue weighted by molar-refractivity contribution is 5.65. The molecule has 5 nitrogen and oxygen atoms in total. The molecule has 0 unspecified atom stereocenters. The molecule has 0 N–H and O–H groups in total. The van der Waals surface area contributed by atoms with Crippen LogP contribution < -0.4 is 4.74 Å². The predicted molar refractivity (Wildman–Crippen MR) is 95.0 cm³/mol. The fraction of sp³-hybridized carbons (Fsp3) is 0.250. The highest BCUT2D eigenvalue weighted by Gasteiger charge is 2.15. The lowest BCUT2D eigenvalue weighted by Gasteiger charge is -2.11. The van der Waals surface area contributed by atoms with Gasteiger partial charge in [-0.25, -0.2) is 0 Å². The summed E-state index contributed by atoms with van der Waals surface area (Å²) in [6.07, 6.45) is 0.862. The van der Waals surface area contributed by atoms with Gasteiger partial charge in [0.15, 0.2) is 0 Å². The molecule has 3 rings (SSSR count). The minimum Gasteiger partial charge on any atom is -0.490 e. The smallest absolute Gasteiger partial charge is 0.258 e. The van der Waals surface area contributed by atoms with Crippen LogP contribution >= 0.6 is 0 Å². The van der Waals surface area contributed by atoms with Gasteiger partial charge in [-0.2, -0.15) is 10.2 Å². The Labute approximate surface area is 146 Å². The van der Waals surface area contributed by atoms with E-state index in [1.807, 2.05) is 32.0 Å². The average Bonchev–Trinajstić information content (AvgIpc) is 3.11. The number of rotatable bonds is 5. The maximum Gasteiger partial charge on any atom is 0.258 e. The van der Waals surface area contributed by atoms with E-state index in [0.717, 1.165) is 17.5 Å². The molecule has 126 valence electrons. The fourth-order valence-corrected chi connectivity index (χ4v) is 2.60. The van der Waals surface area contributed by atoms with Crippen molar-refractivity contribution in [3.8, 4) is 34.7 Å². The van der Waals surface area contributed by atoms with E-state index >= 15 is 0 Å². The fourth-order valence-electron chi connectivity index (χ4n) is 2.60. The predicted octanol–water partition coefficient (Wildman–Crippen LogP) is 4.62. The molecule has 0 atom stereocenters. The van der Waals surface area contributed by atoms with Crippen LogP contribution in [0.4, 0.5) is 0 Å². The normalized spacial score (nSPS) is 10.7. The summed E-state index contributed by atoms with van der Waals surface area (Å²) in [5.74, 6) is 1.48. The number of ether oxygens (including phenoxy) is 1. The minimum absolute atomic E-state index is 0.0305. The average molecular weight is 333 g/mol. The van der Waals surface area contributed by atoms with Crippen LogP contribution in [0.2, 0.25) is 0 Å². The van der Waals surface area contributed by atoms with Crippen LogP contribution in [0.5, 0.6) is 5.75 Å². The van der Waals surface area contributed by atoms with Crippen molar-refractivity contribution in [2.75, 3.05) is 0 Å². The summed E-state index contributed by atoms with van der Waals surface area (Å²) in [5, 5.41) is 13.3. The summed E-state index contributed by atoms with van der Waals surface area (Å²) in [6, 6.07) is 15.4. The van der Waals surface area contributed by atoms with Crippen molar-refractivity contribution in [2.24, 2.45) is 0 Å². The van der Waals surface area contributed by atoms with Crippen LogP contribution in [-0.2, 0) is 6.42 Å². The largest absolute Gasteiger partial charge is 0.490 e. The number of nitriles is 1. The van der Waals surface area contributed by atoms with Crippen LogP contribution in [0, 0.1) is 11.3 Å². The van der Waals surface area contributed by atoms with Crippen molar-refractivity contribution in [3.05, 3.63) is 53.6 Å². The second kappa shape index (κ2) is 7.18. The van der Waals surface area contributed by atoms with E-state index in [4.69, 9.17) is 9.26 Å². The molecule has 3 aromatic rings. The Morgan fingerprint density at radius 3 is 2.72 bits per heavy atom. The van der Waals surface area contributed by atoms with Gasteiger partial charge in [-0.3, -0.25) is 0 Å². The van der Waals surface area contributed by atoms with Gasteiger partial charge in [0.2, 0.25) is 5.82 Å². The molecule has 0 bridgehead atoms. The van der Waals surface area contributed by atoms with E-state index in [1.165, 1.54) is 5.56 Å². The molecule has 2 aromatic carbocycles. The van der Waals surface area contributed by atoms with Gasteiger partial charge in [-0.15, -0.1) is 0 Å². The minimum atomic E-state index is -0.0305. The molecule has 0 saturated carbocycles. The standard InChI is InChI=1S/C20H19N3O2/c1-4-14-7-5-6-8-17(14)19-22-20(25-23-19)15-9-10-16(12-21)18(11-15)24-13(2)3/h5-11,13H,4H2,1-3H3. The van der Waals surface area contributed by atoms with Crippen LogP contribution in [0.25, 0.3) is 22.8 Å². The van der Waals surface area contributed by atoms with Crippen LogP contribution in [0.3, 0.4) is 0 Å². The highest BCUT2D eigenvalue weighted by atomic mass is 16.5. The number of benzene rings is 2. The van der Waals surface area contributed by atoms with Crippen molar-refractivity contribution in [1.82, 2.24) is 10.1 Å². The van der Waals surface area contributed by atoms with Crippen LogP contribution in [0.1, 0.15) is 31.9 Å². The van der Waals surface area contributed by atoms with Crippen LogP contribution in [0.15, 0.2) is 47.0 Å². The molecule has 1 aromatic heterocycles. The third-order valence-corrected chi connectivity index (χ3v) is 3.78. The molecular formula is C20H19N3O2. The lowest BCUT2D eigenvalue weighted by Crippen LogP contribution is -2.06. The Kier molecular flexibility index (Phi) is 4.80. The Balaban J connectivity index is 1.99. The lowest BCUT2D eigenvalue weighted by atomic mass is 10.1. The Hall–Kier alpha value is -3.13. The number of nitrogens with zero attached hydrogens (tertiary/aromatic N) is 3. The molecule has 5 heteroatoms. The molecule has 0 saturated heterocycles. The van der Waals surface area contributed by atoms with E-state index in [0.29, 0.717) is 23.0 Å². The van der Waals surface area contributed by atoms with Gasteiger partial charge in [-0.05, 0) is 44.0 Å². The first-order chi connectivity index (χ1) is 12.1. The van der Waals surface area contributed by atoms with Gasteiger partial charge in [0.05, 0.1) is 11.7 Å². The van der Waals surface area contributed by atoms with Gasteiger partial charge in [-0.1, -0.05) is 36.3 Å². The van der Waals surface area contributed by atoms with Gasteiger partial charge < -0.3 is 9.26 Å². The van der Waals surface area contributed by atoms with E-state index in [2.05, 4.69) is 29.2 Å².